The van der Waals surface area contributed by atoms with Crippen molar-refractivity contribution in [2.75, 3.05) is 6.54 Å². The molecule has 0 aromatic carbocycles. The fourth-order valence-electron chi connectivity index (χ4n) is 1.93. The fraction of sp³-hybridized carbons (Fsp3) is 0.833. The first-order chi connectivity index (χ1) is 6.64. The molecule has 15 heavy (non-hydrogen) atoms. The van der Waals surface area contributed by atoms with Crippen LogP contribution in [0.25, 0.3) is 0 Å². The Hall–Kier alpha value is -0.860. The maximum atomic E-state index is 12.0. The molecule has 1 aliphatic heterocycles. The number of hydrogen-bond donors (Lipinski definition) is 0. The van der Waals surface area contributed by atoms with E-state index in [1.807, 2.05) is 34.6 Å². The van der Waals surface area contributed by atoms with Crippen LogP contribution in [-0.4, -0.2) is 28.7 Å². The Morgan fingerprint density at radius 3 is 2.27 bits per heavy atom. The van der Waals surface area contributed by atoms with E-state index < -0.39 is 5.54 Å². The summed E-state index contributed by atoms with van der Waals surface area (Å²) in [5.74, 6) is 0.267. The van der Waals surface area contributed by atoms with E-state index in [-0.39, 0.29) is 17.1 Å². The van der Waals surface area contributed by atoms with Crippen LogP contribution in [0.1, 0.15) is 47.5 Å². The van der Waals surface area contributed by atoms with Gasteiger partial charge in [-0.05, 0) is 19.3 Å². The largest absolute Gasteiger partial charge is 0.330 e. The average Bonchev–Trinajstić information content (AvgIpc) is 2.23. The van der Waals surface area contributed by atoms with Crippen LogP contribution in [0, 0.1) is 5.41 Å². The van der Waals surface area contributed by atoms with Crippen LogP contribution in [0.5, 0.6) is 0 Å². The van der Waals surface area contributed by atoms with Gasteiger partial charge in [-0.2, -0.15) is 0 Å². The van der Waals surface area contributed by atoms with Crippen molar-refractivity contribution >= 4 is 11.7 Å². The van der Waals surface area contributed by atoms with Crippen molar-refractivity contribution in [1.29, 1.82) is 0 Å². The smallest absolute Gasteiger partial charge is 0.223 e. The molecule has 0 radical (unpaired) electrons. The molecule has 0 spiro atoms. The molecule has 0 aliphatic carbocycles. The molecule has 0 unspecified atom stereocenters. The molecule has 86 valence electrons. The molecule has 1 saturated heterocycles. The average molecular weight is 211 g/mol. The third-order valence-corrected chi connectivity index (χ3v) is 2.90. The Bertz CT molecular complexity index is 286. The maximum Gasteiger partial charge on any atom is 0.223 e. The number of rotatable bonds is 1. The van der Waals surface area contributed by atoms with Crippen molar-refractivity contribution in [2.45, 2.75) is 53.0 Å². The van der Waals surface area contributed by atoms with Gasteiger partial charge in [0.2, 0.25) is 5.91 Å². The molecular formula is C12H21NO2. The lowest BCUT2D eigenvalue weighted by Gasteiger charge is -2.32. The molecule has 0 N–H and O–H groups in total. The molecule has 0 aromatic heterocycles. The normalized spacial score (nSPS) is 20.9. The standard InChI is InChI=1S/C12H21NO2/c1-11(2,3)8-10(15)13-7-6-9(14)12(13,4)5/h6-8H2,1-5H3. The highest BCUT2D eigenvalue weighted by molar-refractivity contribution is 5.95. The molecule has 1 fully saturated rings. The summed E-state index contributed by atoms with van der Waals surface area (Å²) in [6.07, 6.45) is 1.01. The van der Waals surface area contributed by atoms with Crippen molar-refractivity contribution in [1.82, 2.24) is 4.90 Å². The zero-order chi connectivity index (χ0) is 11.9. The number of hydrogen-bond acceptors (Lipinski definition) is 2. The minimum atomic E-state index is -0.595. The van der Waals surface area contributed by atoms with E-state index in [0.29, 0.717) is 19.4 Å². The predicted molar refractivity (Wildman–Crippen MR) is 59.5 cm³/mol. The Labute approximate surface area is 91.8 Å². The number of Topliss-reactive ketones (excluding diaryl/α,β-unsaturated/α-hetero) is 1. The number of ketones is 1. The van der Waals surface area contributed by atoms with Gasteiger partial charge in [0, 0.05) is 19.4 Å². The van der Waals surface area contributed by atoms with Crippen LogP contribution in [-0.2, 0) is 9.59 Å². The Morgan fingerprint density at radius 1 is 1.40 bits per heavy atom. The second kappa shape index (κ2) is 3.62. The quantitative estimate of drug-likeness (QED) is 0.665. The molecule has 0 atom stereocenters. The van der Waals surface area contributed by atoms with Crippen molar-refractivity contribution in [3.8, 4) is 0 Å². The van der Waals surface area contributed by atoms with Gasteiger partial charge in [0.1, 0.15) is 0 Å². The van der Waals surface area contributed by atoms with Gasteiger partial charge in [0.15, 0.2) is 5.78 Å². The SMILES string of the molecule is CC(C)(C)CC(=O)N1CCC(=O)C1(C)C. The highest BCUT2D eigenvalue weighted by Gasteiger charge is 2.43. The second-order valence-electron chi connectivity index (χ2n) is 6.02. The van der Waals surface area contributed by atoms with Gasteiger partial charge >= 0.3 is 0 Å². The van der Waals surface area contributed by atoms with Crippen LogP contribution >= 0.6 is 0 Å². The van der Waals surface area contributed by atoms with E-state index in [9.17, 15) is 9.59 Å². The van der Waals surface area contributed by atoms with Gasteiger partial charge in [-0.3, -0.25) is 9.59 Å². The van der Waals surface area contributed by atoms with Crippen molar-refractivity contribution in [3.63, 3.8) is 0 Å². The summed E-state index contributed by atoms with van der Waals surface area (Å²) >= 11 is 0. The molecule has 3 nitrogen and oxygen atoms in total. The summed E-state index contributed by atoms with van der Waals surface area (Å²) < 4.78 is 0. The minimum Gasteiger partial charge on any atom is -0.330 e. The summed E-state index contributed by atoms with van der Waals surface area (Å²) in [5.41, 5.74) is -0.610. The lowest BCUT2D eigenvalue weighted by molar-refractivity contribution is -0.140. The molecular weight excluding hydrogens is 190 g/mol. The van der Waals surface area contributed by atoms with Crippen molar-refractivity contribution < 1.29 is 9.59 Å². The second-order valence-corrected chi connectivity index (χ2v) is 6.02. The lowest BCUT2D eigenvalue weighted by Crippen LogP contribution is -2.47. The first kappa shape index (κ1) is 12.2. The first-order valence-electron chi connectivity index (χ1n) is 5.48. The molecule has 1 rings (SSSR count). The first-order valence-corrected chi connectivity index (χ1v) is 5.48. The number of carbonyl (C=O) groups is 2. The van der Waals surface area contributed by atoms with Crippen LogP contribution < -0.4 is 0 Å². The van der Waals surface area contributed by atoms with E-state index in [2.05, 4.69) is 0 Å². The predicted octanol–water partition coefficient (Wildman–Crippen LogP) is 2.00. The van der Waals surface area contributed by atoms with E-state index in [1.165, 1.54) is 0 Å². The van der Waals surface area contributed by atoms with Gasteiger partial charge in [-0.15, -0.1) is 0 Å². The zero-order valence-electron chi connectivity index (χ0n) is 10.4. The molecule has 0 saturated carbocycles. The molecule has 0 aromatic rings. The Morgan fingerprint density at radius 2 is 1.93 bits per heavy atom. The van der Waals surface area contributed by atoms with E-state index in [4.69, 9.17) is 0 Å². The Kier molecular flexibility index (Phi) is 2.94. The van der Waals surface area contributed by atoms with Gasteiger partial charge in [-0.25, -0.2) is 0 Å². The number of nitrogens with zero attached hydrogens (tertiary/aromatic N) is 1. The highest BCUT2D eigenvalue weighted by Crippen LogP contribution is 2.28. The topological polar surface area (TPSA) is 37.4 Å². The number of likely N-dealkylation sites (tertiary alicyclic amines) is 1. The summed E-state index contributed by atoms with van der Waals surface area (Å²) in [7, 11) is 0. The summed E-state index contributed by atoms with van der Waals surface area (Å²) in [5, 5.41) is 0. The number of carbonyl (C=O) groups excluding carboxylic acids is 2. The molecule has 1 aliphatic rings. The minimum absolute atomic E-state index is 0.0151. The van der Waals surface area contributed by atoms with Crippen molar-refractivity contribution in [2.24, 2.45) is 5.41 Å². The fourth-order valence-corrected chi connectivity index (χ4v) is 1.93. The van der Waals surface area contributed by atoms with E-state index in [0.717, 1.165) is 0 Å². The summed E-state index contributed by atoms with van der Waals surface area (Å²) in [6, 6.07) is 0. The molecule has 1 amide bonds. The van der Waals surface area contributed by atoms with Crippen LogP contribution in [0.3, 0.4) is 0 Å². The summed E-state index contributed by atoms with van der Waals surface area (Å²) in [6.45, 7) is 10.4. The molecule has 1 heterocycles. The number of amides is 1. The van der Waals surface area contributed by atoms with Crippen molar-refractivity contribution in [3.05, 3.63) is 0 Å². The monoisotopic (exact) mass is 211 g/mol. The highest BCUT2D eigenvalue weighted by atomic mass is 16.2. The Balaban J connectivity index is 2.74. The van der Waals surface area contributed by atoms with E-state index in [1.54, 1.807) is 4.90 Å². The lowest BCUT2D eigenvalue weighted by atomic mass is 9.90. The van der Waals surface area contributed by atoms with Gasteiger partial charge in [-0.1, -0.05) is 20.8 Å². The van der Waals surface area contributed by atoms with Gasteiger partial charge in [0.25, 0.3) is 0 Å². The third-order valence-electron chi connectivity index (χ3n) is 2.90. The van der Waals surface area contributed by atoms with Gasteiger partial charge in [0.05, 0.1) is 5.54 Å². The van der Waals surface area contributed by atoms with Crippen LogP contribution in [0.15, 0.2) is 0 Å². The molecule has 3 heteroatoms. The zero-order valence-corrected chi connectivity index (χ0v) is 10.4. The molecule has 0 bridgehead atoms. The van der Waals surface area contributed by atoms with Crippen LogP contribution in [0.2, 0.25) is 0 Å². The van der Waals surface area contributed by atoms with E-state index >= 15 is 0 Å². The summed E-state index contributed by atoms with van der Waals surface area (Å²) in [4.78, 5) is 25.3. The third kappa shape index (κ3) is 2.58. The van der Waals surface area contributed by atoms with Gasteiger partial charge < -0.3 is 4.90 Å². The maximum absolute atomic E-state index is 12.0. The van der Waals surface area contributed by atoms with Crippen LogP contribution in [0.4, 0.5) is 0 Å².